The predicted octanol–water partition coefficient (Wildman–Crippen LogP) is 3.82. The monoisotopic (exact) mass is 326 g/mol. The molecule has 0 spiro atoms. The number of carboxylic acids is 1. The van der Waals surface area contributed by atoms with Crippen molar-refractivity contribution in [2.24, 2.45) is 5.41 Å². The lowest BCUT2D eigenvalue weighted by Crippen LogP contribution is -2.30. The van der Waals surface area contributed by atoms with E-state index in [1.165, 1.54) is 5.56 Å². The number of carboxylic acid groups (broad SMARTS) is 1. The van der Waals surface area contributed by atoms with Crippen LogP contribution in [0.4, 0.5) is 0 Å². The smallest absolute Gasteiger partial charge is 0.309 e. The fourth-order valence-corrected chi connectivity index (χ4v) is 3.27. The van der Waals surface area contributed by atoms with E-state index in [0.717, 1.165) is 28.6 Å². The molecule has 0 saturated heterocycles. The zero-order chi connectivity index (χ0) is 14.0. The van der Waals surface area contributed by atoms with E-state index in [0.29, 0.717) is 19.4 Å². The van der Waals surface area contributed by atoms with Crippen LogP contribution in [0, 0.1) is 5.41 Å². The summed E-state index contributed by atoms with van der Waals surface area (Å²) in [7, 11) is 0. The Morgan fingerprint density at radius 1 is 1.53 bits per heavy atom. The van der Waals surface area contributed by atoms with Crippen LogP contribution in [0.2, 0.25) is 0 Å². The van der Waals surface area contributed by atoms with Crippen molar-refractivity contribution in [3.8, 4) is 5.75 Å². The lowest BCUT2D eigenvalue weighted by atomic mass is 9.79. The number of aliphatic carboxylic acids is 1. The van der Waals surface area contributed by atoms with Crippen LogP contribution in [-0.2, 0) is 17.6 Å². The molecule has 1 atom stereocenters. The molecule has 1 aliphatic rings. The summed E-state index contributed by atoms with van der Waals surface area (Å²) in [5, 5.41) is 9.49. The molecule has 2 rings (SSSR count). The summed E-state index contributed by atoms with van der Waals surface area (Å²) in [6.07, 6.45) is 2.95. The largest absolute Gasteiger partial charge is 0.493 e. The molecular weight excluding hydrogens is 308 g/mol. The Bertz CT molecular complexity index is 498. The van der Waals surface area contributed by atoms with E-state index in [-0.39, 0.29) is 0 Å². The van der Waals surface area contributed by atoms with Gasteiger partial charge in [-0.15, -0.1) is 0 Å². The molecule has 0 aliphatic carbocycles. The molecule has 1 aliphatic heterocycles. The maximum absolute atomic E-state index is 11.5. The van der Waals surface area contributed by atoms with E-state index in [9.17, 15) is 9.90 Å². The molecule has 1 heterocycles. The molecule has 4 heteroatoms. The Hall–Kier alpha value is -1.03. The van der Waals surface area contributed by atoms with Crippen molar-refractivity contribution < 1.29 is 14.6 Å². The second-order valence-electron chi connectivity index (χ2n) is 5.44. The first-order valence-corrected chi connectivity index (χ1v) is 7.43. The van der Waals surface area contributed by atoms with Gasteiger partial charge in [0.15, 0.2) is 0 Å². The third kappa shape index (κ3) is 2.94. The Morgan fingerprint density at radius 2 is 2.26 bits per heavy atom. The van der Waals surface area contributed by atoms with Crippen molar-refractivity contribution >= 4 is 21.9 Å². The van der Waals surface area contributed by atoms with Crippen molar-refractivity contribution in [1.82, 2.24) is 0 Å². The third-order valence-electron chi connectivity index (χ3n) is 3.72. The van der Waals surface area contributed by atoms with Gasteiger partial charge in [0.1, 0.15) is 5.75 Å². The maximum Gasteiger partial charge on any atom is 0.309 e. The Morgan fingerprint density at radius 3 is 2.89 bits per heavy atom. The average Bonchev–Trinajstić information content (AvgIpc) is 2.77. The van der Waals surface area contributed by atoms with Crippen molar-refractivity contribution in [2.75, 3.05) is 6.61 Å². The number of halogens is 1. The topological polar surface area (TPSA) is 46.5 Å². The summed E-state index contributed by atoms with van der Waals surface area (Å²) in [4.78, 5) is 11.5. The molecule has 3 nitrogen and oxygen atoms in total. The molecular formula is C15H19BrO3. The van der Waals surface area contributed by atoms with Crippen LogP contribution in [0.1, 0.15) is 37.8 Å². The molecule has 0 fully saturated rings. The summed E-state index contributed by atoms with van der Waals surface area (Å²) < 4.78 is 6.67. The predicted molar refractivity (Wildman–Crippen MR) is 77.7 cm³/mol. The SMILES string of the molecule is CCCC(C)(Cc1cc(Br)cc2c1OCC2)C(=O)O. The van der Waals surface area contributed by atoms with Crippen molar-refractivity contribution in [1.29, 1.82) is 0 Å². The minimum absolute atomic E-state index is 0.512. The minimum Gasteiger partial charge on any atom is -0.493 e. The number of carbonyl (C=O) groups is 1. The second-order valence-corrected chi connectivity index (χ2v) is 6.36. The van der Waals surface area contributed by atoms with Gasteiger partial charge < -0.3 is 9.84 Å². The van der Waals surface area contributed by atoms with E-state index < -0.39 is 11.4 Å². The highest BCUT2D eigenvalue weighted by Crippen LogP contribution is 2.38. The first-order valence-electron chi connectivity index (χ1n) is 6.64. The van der Waals surface area contributed by atoms with Crippen LogP contribution in [0.3, 0.4) is 0 Å². The number of hydrogen-bond acceptors (Lipinski definition) is 2. The second kappa shape index (κ2) is 5.53. The Labute approximate surface area is 122 Å². The number of fused-ring (bicyclic) bond motifs is 1. The lowest BCUT2D eigenvalue weighted by molar-refractivity contribution is -0.148. The minimum atomic E-state index is -0.735. The molecule has 0 amide bonds. The van der Waals surface area contributed by atoms with Gasteiger partial charge in [-0.1, -0.05) is 29.3 Å². The van der Waals surface area contributed by atoms with Crippen molar-refractivity contribution in [2.45, 2.75) is 39.5 Å². The molecule has 19 heavy (non-hydrogen) atoms. The van der Waals surface area contributed by atoms with E-state index in [1.54, 1.807) is 0 Å². The fraction of sp³-hybridized carbons (Fsp3) is 0.533. The quantitative estimate of drug-likeness (QED) is 0.894. The van der Waals surface area contributed by atoms with Crippen LogP contribution in [0.5, 0.6) is 5.75 Å². The van der Waals surface area contributed by atoms with Crippen LogP contribution < -0.4 is 4.74 Å². The molecule has 104 valence electrons. The molecule has 0 bridgehead atoms. The van der Waals surface area contributed by atoms with E-state index in [1.807, 2.05) is 19.9 Å². The van der Waals surface area contributed by atoms with Gasteiger partial charge in [0.05, 0.1) is 12.0 Å². The summed E-state index contributed by atoms with van der Waals surface area (Å²) in [5.74, 6) is 0.160. The van der Waals surface area contributed by atoms with Gasteiger partial charge >= 0.3 is 5.97 Å². The zero-order valence-electron chi connectivity index (χ0n) is 11.3. The highest BCUT2D eigenvalue weighted by Gasteiger charge is 2.34. The number of benzene rings is 1. The van der Waals surface area contributed by atoms with Gasteiger partial charge in [0.2, 0.25) is 0 Å². The molecule has 1 N–H and O–H groups in total. The fourth-order valence-electron chi connectivity index (χ4n) is 2.72. The molecule has 1 aromatic rings. The van der Waals surface area contributed by atoms with Gasteiger partial charge in [-0.2, -0.15) is 0 Å². The summed E-state index contributed by atoms with van der Waals surface area (Å²) in [6.45, 7) is 4.53. The van der Waals surface area contributed by atoms with E-state index >= 15 is 0 Å². The number of hydrogen-bond donors (Lipinski definition) is 1. The molecule has 1 unspecified atom stereocenters. The van der Waals surface area contributed by atoms with Crippen molar-refractivity contribution in [3.05, 3.63) is 27.7 Å². The summed E-state index contributed by atoms with van der Waals surface area (Å²) >= 11 is 3.50. The van der Waals surface area contributed by atoms with Gasteiger partial charge in [0.25, 0.3) is 0 Å². The molecule has 0 aromatic heterocycles. The van der Waals surface area contributed by atoms with Crippen LogP contribution >= 0.6 is 15.9 Å². The zero-order valence-corrected chi connectivity index (χ0v) is 12.9. The third-order valence-corrected chi connectivity index (χ3v) is 4.18. The van der Waals surface area contributed by atoms with Crippen LogP contribution in [-0.4, -0.2) is 17.7 Å². The van der Waals surface area contributed by atoms with Gasteiger partial charge in [0, 0.05) is 10.9 Å². The van der Waals surface area contributed by atoms with Crippen molar-refractivity contribution in [3.63, 3.8) is 0 Å². The summed E-state index contributed by atoms with van der Waals surface area (Å²) in [5.41, 5.74) is 1.45. The lowest BCUT2D eigenvalue weighted by Gasteiger charge is -2.25. The standard InChI is InChI=1S/C15H19BrO3/c1-3-5-15(2,14(17)18)9-11-8-12(16)7-10-4-6-19-13(10)11/h7-8H,3-6,9H2,1-2H3,(H,17,18). The molecule has 0 saturated carbocycles. The Balaban J connectivity index is 2.35. The normalized spacial score (nSPS) is 16.6. The Kier molecular flexibility index (Phi) is 4.19. The highest BCUT2D eigenvalue weighted by molar-refractivity contribution is 9.10. The molecule has 0 radical (unpaired) electrons. The van der Waals surface area contributed by atoms with E-state index in [4.69, 9.17) is 4.74 Å². The number of ether oxygens (including phenoxy) is 1. The first-order chi connectivity index (χ1) is 8.96. The maximum atomic E-state index is 11.5. The summed E-state index contributed by atoms with van der Waals surface area (Å²) in [6, 6.07) is 4.05. The van der Waals surface area contributed by atoms with Gasteiger partial charge in [-0.3, -0.25) is 4.79 Å². The average molecular weight is 327 g/mol. The van der Waals surface area contributed by atoms with Crippen LogP contribution in [0.25, 0.3) is 0 Å². The van der Waals surface area contributed by atoms with Crippen LogP contribution in [0.15, 0.2) is 16.6 Å². The van der Waals surface area contributed by atoms with Gasteiger partial charge in [-0.25, -0.2) is 0 Å². The van der Waals surface area contributed by atoms with Gasteiger partial charge in [-0.05, 0) is 43.0 Å². The first kappa shape index (κ1) is 14.4. The number of rotatable bonds is 5. The molecule has 1 aromatic carbocycles. The highest BCUT2D eigenvalue weighted by atomic mass is 79.9. The van der Waals surface area contributed by atoms with E-state index in [2.05, 4.69) is 22.0 Å².